The summed E-state index contributed by atoms with van der Waals surface area (Å²) in [5.41, 5.74) is 0.654. The molecule has 2 aromatic rings. The van der Waals surface area contributed by atoms with Crippen molar-refractivity contribution in [2.24, 2.45) is 0 Å². The lowest BCUT2D eigenvalue weighted by Gasteiger charge is -2.07. The molecule has 0 spiro atoms. The van der Waals surface area contributed by atoms with Gasteiger partial charge in [0.15, 0.2) is 0 Å². The van der Waals surface area contributed by atoms with Gasteiger partial charge in [0.05, 0.1) is 11.1 Å². The number of nitrogens with zero attached hydrogens (tertiary/aromatic N) is 1. The lowest BCUT2D eigenvalue weighted by atomic mass is 10.1. The highest BCUT2D eigenvalue weighted by Crippen LogP contribution is 2.28. The Morgan fingerprint density at radius 1 is 1.35 bits per heavy atom. The van der Waals surface area contributed by atoms with Crippen LogP contribution < -0.4 is 0 Å². The van der Waals surface area contributed by atoms with E-state index in [0.29, 0.717) is 11.2 Å². The Kier molecular flexibility index (Phi) is 2.75. The van der Waals surface area contributed by atoms with Crippen LogP contribution in [0.4, 0.5) is 8.78 Å². The molecule has 0 radical (unpaired) electrons. The van der Waals surface area contributed by atoms with E-state index in [9.17, 15) is 13.6 Å². The summed E-state index contributed by atoms with van der Waals surface area (Å²) in [4.78, 5) is 14.9. The molecular formula is C12H9F2NO2. The van der Waals surface area contributed by atoms with Gasteiger partial charge in [-0.05, 0) is 31.2 Å². The zero-order valence-electron chi connectivity index (χ0n) is 8.95. The van der Waals surface area contributed by atoms with Crippen molar-refractivity contribution in [3.05, 3.63) is 41.1 Å². The van der Waals surface area contributed by atoms with Crippen molar-refractivity contribution < 1.29 is 18.7 Å². The van der Waals surface area contributed by atoms with Crippen molar-refractivity contribution in [2.45, 2.75) is 13.3 Å². The third-order valence-electron chi connectivity index (χ3n) is 2.45. The van der Waals surface area contributed by atoms with Gasteiger partial charge < -0.3 is 5.11 Å². The third kappa shape index (κ3) is 2.08. The molecule has 0 aliphatic rings. The first-order valence-electron chi connectivity index (χ1n) is 4.92. The molecule has 0 saturated carbocycles. The molecule has 1 heterocycles. The SMILES string of the molecule is Cc1cc(C(F)F)c2cc(C(=O)O)ccc2n1. The Bertz CT molecular complexity index is 596. The third-order valence-corrected chi connectivity index (χ3v) is 2.45. The number of hydrogen-bond acceptors (Lipinski definition) is 2. The Morgan fingerprint density at radius 2 is 2.06 bits per heavy atom. The molecule has 0 saturated heterocycles. The van der Waals surface area contributed by atoms with E-state index in [4.69, 9.17) is 5.11 Å². The van der Waals surface area contributed by atoms with Crippen LogP contribution in [-0.2, 0) is 0 Å². The number of alkyl halides is 2. The van der Waals surface area contributed by atoms with Crippen molar-refractivity contribution in [3.63, 3.8) is 0 Å². The molecule has 1 N–H and O–H groups in total. The van der Waals surface area contributed by atoms with Crippen molar-refractivity contribution in [2.75, 3.05) is 0 Å². The van der Waals surface area contributed by atoms with E-state index in [1.54, 1.807) is 6.92 Å². The smallest absolute Gasteiger partial charge is 0.335 e. The second-order valence-corrected chi connectivity index (χ2v) is 3.69. The van der Waals surface area contributed by atoms with Crippen LogP contribution in [-0.4, -0.2) is 16.1 Å². The Labute approximate surface area is 95.7 Å². The summed E-state index contributed by atoms with van der Waals surface area (Å²) in [6.07, 6.45) is -2.65. The largest absolute Gasteiger partial charge is 0.478 e. The predicted octanol–water partition coefficient (Wildman–Crippen LogP) is 3.18. The zero-order valence-corrected chi connectivity index (χ0v) is 8.95. The molecule has 0 bridgehead atoms. The summed E-state index contributed by atoms with van der Waals surface area (Å²) in [7, 11) is 0. The normalized spacial score (nSPS) is 11.1. The topological polar surface area (TPSA) is 50.2 Å². The molecule has 1 aromatic carbocycles. The predicted molar refractivity (Wildman–Crippen MR) is 58.4 cm³/mol. The van der Waals surface area contributed by atoms with Crippen molar-refractivity contribution in [3.8, 4) is 0 Å². The Morgan fingerprint density at radius 3 is 2.65 bits per heavy atom. The maximum atomic E-state index is 12.8. The highest BCUT2D eigenvalue weighted by atomic mass is 19.3. The van der Waals surface area contributed by atoms with Crippen molar-refractivity contribution in [1.29, 1.82) is 0 Å². The van der Waals surface area contributed by atoms with Gasteiger partial charge in [0.2, 0.25) is 0 Å². The molecule has 0 unspecified atom stereocenters. The highest BCUT2D eigenvalue weighted by molar-refractivity contribution is 5.94. The summed E-state index contributed by atoms with van der Waals surface area (Å²) in [6, 6.07) is 5.30. The van der Waals surface area contributed by atoms with Crippen LogP contribution in [0.3, 0.4) is 0 Å². The average molecular weight is 237 g/mol. The number of benzene rings is 1. The first kappa shape index (κ1) is 11.4. The van der Waals surface area contributed by atoms with E-state index in [1.165, 1.54) is 24.3 Å². The number of aryl methyl sites for hydroxylation is 1. The number of carboxylic acids is 1. The highest BCUT2D eigenvalue weighted by Gasteiger charge is 2.14. The minimum Gasteiger partial charge on any atom is -0.478 e. The minimum atomic E-state index is -2.65. The van der Waals surface area contributed by atoms with E-state index in [-0.39, 0.29) is 16.5 Å². The van der Waals surface area contributed by atoms with E-state index in [1.807, 2.05) is 0 Å². The maximum absolute atomic E-state index is 12.8. The first-order chi connectivity index (χ1) is 7.99. The summed E-state index contributed by atoms with van der Waals surface area (Å²) < 4.78 is 25.7. The molecule has 0 atom stereocenters. The second-order valence-electron chi connectivity index (χ2n) is 3.69. The molecule has 0 aliphatic heterocycles. The van der Waals surface area contributed by atoms with Crippen LogP contribution in [0.5, 0.6) is 0 Å². The second kappa shape index (κ2) is 4.08. The molecule has 5 heteroatoms. The van der Waals surface area contributed by atoms with Gasteiger partial charge in [-0.2, -0.15) is 0 Å². The van der Waals surface area contributed by atoms with Gasteiger partial charge in [-0.1, -0.05) is 0 Å². The van der Waals surface area contributed by atoms with Crippen LogP contribution >= 0.6 is 0 Å². The molecule has 88 valence electrons. The molecule has 2 rings (SSSR count). The van der Waals surface area contributed by atoms with Gasteiger partial charge >= 0.3 is 5.97 Å². The number of carbonyl (C=O) groups is 1. The van der Waals surface area contributed by atoms with Gasteiger partial charge in [-0.15, -0.1) is 0 Å². The van der Waals surface area contributed by atoms with Crippen LogP contribution in [0.25, 0.3) is 10.9 Å². The average Bonchev–Trinajstić information content (AvgIpc) is 2.26. The number of halogens is 2. The number of aromatic carboxylic acids is 1. The molecule has 0 aliphatic carbocycles. The quantitative estimate of drug-likeness (QED) is 0.872. The Hall–Kier alpha value is -2.04. The minimum absolute atomic E-state index is 0.0231. The fourth-order valence-corrected chi connectivity index (χ4v) is 1.70. The van der Waals surface area contributed by atoms with Crippen molar-refractivity contribution >= 4 is 16.9 Å². The van der Waals surface area contributed by atoms with Crippen LogP contribution in [0.15, 0.2) is 24.3 Å². The van der Waals surface area contributed by atoms with E-state index in [0.717, 1.165) is 0 Å². The molecule has 3 nitrogen and oxygen atoms in total. The van der Waals surface area contributed by atoms with Crippen molar-refractivity contribution in [1.82, 2.24) is 4.98 Å². The summed E-state index contributed by atoms with van der Waals surface area (Å²) in [6.45, 7) is 1.62. The number of pyridine rings is 1. The molecule has 0 amide bonds. The van der Waals surface area contributed by atoms with Gasteiger partial charge in [-0.25, -0.2) is 13.6 Å². The lowest BCUT2D eigenvalue weighted by Crippen LogP contribution is -1.98. The standard InChI is InChI=1S/C12H9F2NO2/c1-6-4-9(11(13)14)8-5-7(12(16)17)2-3-10(8)15-6/h2-5,11H,1H3,(H,16,17). The van der Waals surface area contributed by atoms with Gasteiger partial charge in [0.1, 0.15) is 0 Å². The summed E-state index contributed by atoms with van der Waals surface area (Å²) in [5.74, 6) is -1.15. The number of rotatable bonds is 2. The lowest BCUT2D eigenvalue weighted by molar-refractivity contribution is 0.0697. The monoisotopic (exact) mass is 237 g/mol. The van der Waals surface area contributed by atoms with Gasteiger partial charge in [0.25, 0.3) is 6.43 Å². The maximum Gasteiger partial charge on any atom is 0.335 e. The summed E-state index contributed by atoms with van der Waals surface area (Å²) in [5, 5.41) is 9.01. The first-order valence-corrected chi connectivity index (χ1v) is 4.92. The Balaban J connectivity index is 2.78. The number of carboxylic acid groups (broad SMARTS) is 1. The fourth-order valence-electron chi connectivity index (χ4n) is 1.70. The molecular weight excluding hydrogens is 228 g/mol. The molecule has 0 fully saturated rings. The number of aromatic nitrogens is 1. The van der Waals surface area contributed by atoms with Crippen LogP contribution in [0.1, 0.15) is 28.0 Å². The van der Waals surface area contributed by atoms with Crippen LogP contribution in [0, 0.1) is 6.92 Å². The van der Waals surface area contributed by atoms with Crippen LogP contribution in [0.2, 0.25) is 0 Å². The van der Waals surface area contributed by atoms with E-state index >= 15 is 0 Å². The number of fused-ring (bicyclic) bond motifs is 1. The summed E-state index contributed by atoms with van der Waals surface area (Å²) >= 11 is 0. The fraction of sp³-hybridized carbons (Fsp3) is 0.167. The molecule has 1 aromatic heterocycles. The molecule has 17 heavy (non-hydrogen) atoms. The van der Waals surface area contributed by atoms with E-state index < -0.39 is 12.4 Å². The zero-order chi connectivity index (χ0) is 12.6. The number of hydrogen-bond donors (Lipinski definition) is 1. The van der Waals surface area contributed by atoms with Gasteiger partial charge in [0, 0.05) is 16.6 Å². The van der Waals surface area contributed by atoms with E-state index in [2.05, 4.69) is 4.98 Å². The van der Waals surface area contributed by atoms with Gasteiger partial charge in [-0.3, -0.25) is 4.98 Å².